The van der Waals surface area contributed by atoms with Crippen LogP contribution >= 0.6 is 11.6 Å². The van der Waals surface area contributed by atoms with Crippen molar-refractivity contribution in [2.45, 2.75) is 45.0 Å². The van der Waals surface area contributed by atoms with Gasteiger partial charge >= 0.3 is 18.5 Å². The van der Waals surface area contributed by atoms with Crippen molar-refractivity contribution >= 4 is 11.6 Å². The quantitative estimate of drug-likeness (QED) is 0.293. The molecule has 0 saturated heterocycles. The first-order chi connectivity index (χ1) is 18.3. The van der Waals surface area contributed by atoms with Gasteiger partial charge in [-0.3, -0.25) is 4.57 Å². The van der Waals surface area contributed by atoms with Crippen molar-refractivity contribution in [2.75, 3.05) is 0 Å². The number of para-hydroxylation sites is 2. The molecule has 0 aliphatic rings. The molecule has 0 fully saturated rings. The maximum atomic E-state index is 13.1. The molecule has 0 aliphatic heterocycles. The summed E-state index contributed by atoms with van der Waals surface area (Å²) in [5.74, 6) is -0.666. The van der Waals surface area contributed by atoms with Crippen molar-refractivity contribution in [3.8, 4) is 22.8 Å². The summed E-state index contributed by atoms with van der Waals surface area (Å²) < 4.78 is 72.1. The number of nitrogens with zero attached hydrogens (tertiary/aromatic N) is 6. The van der Waals surface area contributed by atoms with E-state index in [2.05, 4.69) is 19.9 Å². The minimum atomic E-state index is -5.00. The standard InChI is InChI=1S/C23H20ClF5N6O4/c1-12(36)19-30-18(31-35(19)15-4-2-3-5-16(15)39-21(25)26)11-34-22(38)33(10-17(37)23(27,28)29)20(32-34)13-6-8-14(24)9-7-13/h2-9,12,17,21,36-37H,10-11H2,1H3/t12-,17+/m1/s1. The molecule has 2 N–H and O–H groups in total. The van der Waals surface area contributed by atoms with Gasteiger partial charge in [-0.2, -0.15) is 22.0 Å². The molecule has 4 aromatic rings. The Kier molecular flexibility index (Phi) is 8.04. The van der Waals surface area contributed by atoms with Gasteiger partial charge in [-0.25, -0.2) is 19.1 Å². The Labute approximate surface area is 221 Å². The Morgan fingerprint density at radius 3 is 2.33 bits per heavy atom. The zero-order valence-electron chi connectivity index (χ0n) is 19.9. The van der Waals surface area contributed by atoms with Crippen LogP contribution in [0, 0.1) is 0 Å². The number of rotatable bonds is 9. The van der Waals surface area contributed by atoms with Crippen molar-refractivity contribution in [3.05, 3.63) is 75.7 Å². The molecule has 208 valence electrons. The fourth-order valence-corrected chi connectivity index (χ4v) is 3.77. The predicted octanol–water partition coefficient (Wildman–Crippen LogP) is 3.57. The number of aliphatic hydroxyl groups is 2. The zero-order chi connectivity index (χ0) is 28.5. The molecule has 0 amide bonds. The van der Waals surface area contributed by atoms with E-state index in [1.807, 2.05) is 0 Å². The number of hydrogen-bond acceptors (Lipinski definition) is 7. The summed E-state index contributed by atoms with van der Waals surface area (Å²) in [6.45, 7) is -3.41. The van der Waals surface area contributed by atoms with Gasteiger partial charge in [-0.15, -0.1) is 10.2 Å². The molecule has 2 aromatic carbocycles. The summed E-state index contributed by atoms with van der Waals surface area (Å²) in [7, 11) is 0. The maximum Gasteiger partial charge on any atom is 0.416 e. The zero-order valence-corrected chi connectivity index (χ0v) is 20.7. The van der Waals surface area contributed by atoms with Crippen LogP contribution in [0.3, 0.4) is 0 Å². The first-order valence-electron chi connectivity index (χ1n) is 11.2. The van der Waals surface area contributed by atoms with Crippen molar-refractivity contribution in [1.82, 2.24) is 29.1 Å². The van der Waals surface area contributed by atoms with Crippen molar-refractivity contribution < 1.29 is 36.9 Å². The summed E-state index contributed by atoms with van der Waals surface area (Å²) in [4.78, 5) is 17.3. The number of hydrogen-bond donors (Lipinski definition) is 2. The lowest BCUT2D eigenvalue weighted by Crippen LogP contribution is -2.37. The van der Waals surface area contributed by atoms with Crippen LogP contribution in [0.2, 0.25) is 5.02 Å². The van der Waals surface area contributed by atoms with Gasteiger partial charge in [0.15, 0.2) is 29.3 Å². The predicted molar refractivity (Wildman–Crippen MR) is 127 cm³/mol. The third-order valence-electron chi connectivity index (χ3n) is 5.41. The number of ether oxygens (including phenoxy) is 1. The van der Waals surface area contributed by atoms with E-state index >= 15 is 0 Å². The van der Waals surface area contributed by atoms with Crippen molar-refractivity contribution in [2.24, 2.45) is 0 Å². The van der Waals surface area contributed by atoms with Crippen LogP contribution in [0.1, 0.15) is 24.7 Å². The van der Waals surface area contributed by atoms with Crippen LogP contribution in [0.4, 0.5) is 22.0 Å². The molecule has 2 aromatic heterocycles. The first-order valence-corrected chi connectivity index (χ1v) is 11.6. The number of benzene rings is 2. The summed E-state index contributed by atoms with van der Waals surface area (Å²) in [6, 6.07) is 11.4. The van der Waals surface area contributed by atoms with Gasteiger partial charge in [0.05, 0.1) is 6.54 Å². The Morgan fingerprint density at radius 2 is 1.72 bits per heavy atom. The number of aliphatic hydroxyl groups excluding tert-OH is 2. The topological polar surface area (TPSA) is 120 Å². The SMILES string of the molecule is C[C@@H](O)c1nc(Cn2nc(-c3ccc(Cl)cc3)n(C[C@H](O)C(F)(F)F)c2=O)nn1-c1ccccc1OC(F)F. The van der Waals surface area contributed by atoms with E-state index < -0.39 is 43.8 Å². The van der Waals surface area contributed by atoms with Crippen LogP contribution < -0.4 is 10.4 Å². The van der Waals surface area contributed by atoms with E-state index in [0.717, 1.165) is 9.36 Å². The minimum Gasteiger partial charge on any atom is -0.433 e. The lowest BCUT2D eigenvalue weighted by atomic mass is 10.2. The Balaban J connectivity index is 1.77. The minimum absolute atomic E-state index is 0.0143. The van der Waals surface area contributed by atoms with Crippen LogP contribution in [0.25, 0.3) is 17.1 Å². The van der Waals surface area contributed by atoms with E-state index in [0.29, 0.717) is 9.59 Å². The smallest absolute Gasteiger partial charge is 0.416 e. The normalized spacial score (nSPS) is 13.6. The number of halogens is 6. The lowest BCUT2D eigenvalue weighted by Gasteiger charge is -2.15. The van der Waals surface area contributed by atoms with Gasteiger partial charge < -0.3 is 14.9 Å². The Bertz CT molecular complexity index is 1500. The molecule has 0 saturated carbocycles. The highest BCUT2D eigenvalue weighted by Crippen LogP contribution is 2.27. The first kappa shape index (κ1) is 28.2. The van der Waals surface area contributed by atoms with Gasteiger partial charge in [-0.05, 0) is 43.3 Å². The molecule has 0 aliphatic carbocycles. The van der Waals surface area contributed by atoms with Crippen molar-refractivity contribution in [3.63, 3.8) is 0 Å². The molecular weight excluding hydrogens is 555 g/mol. The Morgan fingerprint density at radius 1 is 1.05 bits per heavy atom. The third kappa shape index (κ3) is 6.26. The average Bonchev–Trinajstić information content (AvgIpc) is 3.41. The summed E-state index contributed by atoms with van der Waals surface area (Å²) in [5, 5.41) is 28.5. The van der Waals surface area contributed by atoms with Gasteiger partial charge in [0.25, 0.3) is 0 Å². The van der Waals surface area contributed by atoms with E-state index in [1.54, 1.807) is 0 Å². The molecule has 39 heavy (non-hydrogen) atoms. The van der Waals surface area contributed by atoms with Crippen LogP contribution in [-0.4, -0.2) is 58.2 Å². The summed E-state index contributed by atoms with van der Waals surface area (Å²) >= 11 is 5.89. The molecular formula is C23H20ClF5N6O4. The van der Waals surface area contributed by atoms with Crippen molar-refractivity contribution in [1.29, 1.82) is 0 Å². The molecule has 0 bridgehead atoms. The summed E-state index contributed by atoms with van der Waals surface area (Å²) in [5.41, 5.74) is -0.758. The fourth-order valence-electron chi connectivity index (χ4n) is 3.64. The average molecular weight is 575 g/mol. The monoisotopic (exact) mass is 574 g/mol. The van der Waals surface area contributed by atoms with E-state index in [-0.39, 0.29) is 34.5 Å². The van der Waals surface area contributed by atoms with E-state index in [9.17, 15) is 37.0 Å². The summed E-state index contributed by atoms with van der Waals surface area (Å²) in [6.07, 6.45) is -9.10. The molecule has 16 heteroatoms. The van der Waals surface area contributed by atoms with Crippen LogP contribution in [0.15, 0.2) is 53.3 Å². The molecule has 10 nitrogen and oxygen atoms in total. The lowest BCUT2D eigenvalue weighted by molar-refractivity contribution is -0.207. The second kappa shape index (κ2) is 11.1. The highest BCUT2D eigenvalue weighted by atomic mass is 35.5. The fraction of sp³-hybridized carbons (Fsp3) is 0.304. The molecule has 2 heterocycles. The third-order valence-corrected chi connectivity index (χ3v) is 5.66. The largest absolute Gasteiger partial charge is 0.433 e. The number of aromatic nitrogens is 6. The Hall–Kier alpha value is -3.82. The number of alkyl halides is 5. The molecule has 0 spiro atoms. The van der Waals surface area contributed by atoms with Crippen LogP contribution in [-0.2, 0) is 13.1 Å². The second-order valence-corrected chi connectivity index (χ2v) is 8.70. The highest BCUT2D eigenvalue weighted by molar-refractivity contribution is 6.30. The molecule has 0 unspecified atom stereocenters. The van der Waals surface area contributed by atoms with Crippen LogP contribution in [0.5, 0.6) is 5.75 Å². The second-order valence-electron chi connectivity index (χ2n) is 8.26. The van der Waals surface area contributed by atoms with Gasteiger partial charge in [-0.1, -0.05) is 23.7 Å². The van der Waals surface area contributed by atoms with Gasteiger partial charge in [0.1, 0.15) is 18.3 Å². The van der Waals surface area contributed by atoms with E-state index in [1.165, 1.54) is 55.5 Å². The molecule has 0 radical (unpaired) electrons. The van der Waals surface area contributed by atoms with E-state index in [4.69, 9.17) is 11.6 Å². The van der Waals surface area contributed by atoms with Gasteiger partial charge in [0, 0.05) is 10.6 Å². The molecule has 2 atom stereocenters. The van der Waals surface area contributed by atoms with Gasteiger partial charge in [0.2, 0.25) is 0 Å². The highest BCUT2D eigenvalue weighted by Gasteiger charge is 2.39. The molecule has 4 rings (SSSR count). The maximum absolute atomic E-state index is 13.1.